The van der Waals surface area contributed by atoms with Gasteiger partial charge in [0.1, 0.15) is 0 Å². The number of H-pyrrole nitrogens is 1. The third kappa shape index (κ3) is 4.40. The first-order valence-electron chi connectivity index (χ1n) is 5.53. The third-order valence-corrected chi connectivity index (χ3v) is 2.46. The van der Waals surface area contributed by atoms with Gasteiger partial charge in [0.25, 0.3) is 5.91 Å². The van der Waals surface area contributed by atoms with Gasteiger partial charge in [-0.25, -0.2) is 0 Å². The van der Waals surface area contributed by atoms with Gasteiger partial charge in [-0.05, 0) is 26.3 Å². The summed E-state index contributed by atoms with van der Waals surface area (Å²) in [6, 6.07) is 2.68. The Balaban J connectivity index is 2.66. The van der Waals surface area contributed by atoms with Gasteiger partial charge in [0.15, 0.2) is 0 Å². The molecule has 0 radical (unpaired) electrons. The number of aromatic nitrogens is 1. The quantitative estimate of drug-likeness (QED) is 0.720. The minimum absolute atomic E-state index is 0.0150. The number of nitrogens with one attached hydrogen (secondary N) is 2. The van der Waals surface area contributed by atoms with Gasteiger partial charge in [0.2, 0.25) is 5.56 Å². The molecule has 0 spiro atoms. The number of pyridine rings is 1. The Kier molecular flexibility index (Phi) is 4.25. The highest BCUT2D eigenvalue weighted by atomic mass is 16.4. The molecule has 1 rings (SSSR count). The Morgan fingerprint density at radius 2 is 2.06 bits per heavy atom. The Morgan fingerprint density at radius 3 is 2.56 bits per heavy atom. The van der Waals surface area contributed by atoms with E-state index in [1.165, 1.54) is 18.3 Å². The second-order valence-corrected chi connectivity index (χ2v) is 4.67. The van der Waals surface area contributed by atoms with Crippen molar-refractivity contribution < 1.29 is 14.7 Å². The van der Waals surface area contributed by atoms with E-state index in [4.69, 9.17) is 5.11 Å². The van der Waals surface area contributed by atoms with Crippen molar-refractivity contribution in [2.75, 3.05) is 0 Å². The minimum Gasteiger partial charge on any atom is -0.481 e. The summed E-state index contributed by atoms with van der Waals surface area (Å²) in [5.41, 5.74) is -0.569. The van der Waals surface area contributed by atoms with Crippen LogP contribution in [0.5, 0.6) is 0 Å². The number of carboxylic acid groups (broad SMARTS) is 1. The second kappa shape index (κ2) is 5.48. The summed E-state index contributed by atoms with van der Waals surface area (Å²) in [5.74, 6) is -1.25. The molecule has 3 N–H and O–H groups in total. The molecule has 0 bridgehead atoms. The van der Waals surface area contributed by atoms with E-state index in [9.17, 15) is 14.4 Å². The number of carbonyl (C=O) groups excluding carboxylic acids is 1. The Hall–Kier alpha value is -2.11. The van der Waals surface area contributed by atoms with Crippen LogP contribution in [0.4, 0.5) is 0 Å². The van der Waals surface area contributed by atoms with Crippen LogP contribution >= 0.6 is 0 Å². The fraction of sp³-hybridized carbons (Fsp3) is 0.417. The van der Waals surface area contributed by atoms with E-state index in [0.717, 1.165) is 0 Å². The molecule has 0 aliphatic rings. The van der Waals surface area contributed by atoms with Crippen LogP contribution in [0, 0.1) is 0 Å². The highest BCUT2D eigenvalue weighted by Crippen LogP contribution is 2.12. The molecule has 0 saturated carbocycles. The molecule has 1 amide bonds. The minimum atomic E-state index is -0.902. The molecule has 98 valence electrons. The highest BCUT2D eigenvalue weighted by Gasteiger charge is 2.22. The number of amides is 1. The number of hydrogen-bond acceptors (Lipinski definition) is 3. The zero-order chi connectivity index (χ0) is 13.8. The smallest absolute Gasteiger partial charge is 0.303 e. The molecular weight excluding hydrogens is 236 g/mol. The van der Waals surface area contributed by atoms with Crippen molar-refractivity contribution in [3.63, 3.8) is 0 Å². The lowest BCUT2D eigenvalue weighted by molar-refractivity contribution is -0.137. The van der Waals surface area contributed by atoms with Gasteiger partial charge in [0, 0.05) is 24.2 Å². The van der Waals surface area contributed by atoms with Gasteiger partial charge in [0.05, 0.1) is 5.56 Å². The molecule has 0 aliphatic carbocycles. The number of carboxylic acids is 1. The lowest BCUT2D eigenvalue weighted by Gasteiger charge is -2.25. The summed E-state index contributed by atoms with van der Waals surface area (Å²) in [6.07, 6.45) is 1.64. The van der Waals surface area contributed by atoms with Gasteiger partial charge in [-0.2, -0.15) is 0 Å². The van der Waals surface area contributed by atoms with E-state index in [1.807, 2.05) is 0 Å². The molecule has 1 aromatic heterocycles. The largest absolute Gasteiger partial charge is 0.481 e. The molecular formula is C12H16N2O4. The molecule has 6 heteroatoms. The summed E-state index contributed by atoms with van der Waals surface area (Å²) in [6.45, 7) is 3.50. The molecule has 1 aromatic rings. The first-order chi connectivity index (χ1) is 8.30. The molecule has 6 nitrogen and oxygen atoms in total. The molecule has 18 heavy (non-hydrogen) atoms. The van der Waals surface area contributed by atoms with Crippen LogP contribution < -0.4 is 10.9 Å². The molecule has 0 atom stereocenters. The van der Waals surface area contributed by atoms with Crippen LogP contribution in [0.15, 0.2) is 23.1 Å². The standard InChI is InChI=1S/C12H16N2O4/c1-12(2,6-5-10(16)17)14-11(18)8-3-4-9(15)13-7-8/h3-4,7H,5-6H2,1-2H3,(H,13,15)(H,14,18)(H,16,17). The van der Waals surface area contributed by atoms with Gasteiger partial charge in [-0.1, -0.05) is 0 Å². The van der Waals surface area contributed by atoms with Crippen LogP contribution in [-0.2, 0) is 4.79 Å². The SMILES string of the molecule is CC(C)(CCC(=O)O)NC(=O)c1ccc(=O)[nH]c1. The summed E-state index contributed by atoms with van der Waals surface area (Å²) < 4.78 is 0. The zero-order valence-electron chi connectivity index (χ0n) is 10.3. The lowest BCUT2D eigenvalue weighted by Crippen LogP contribution is -2.43. The monoisotopic (exact) mass is 252 g/mol. The molecule has 0 fully saturated rings. The van der Waals surface area contributed by atoms with Gasteiger partial charge in [-0.15, -0.1) is 0 Å². The fourth-order valence-electron chi connectivity index (χ4n) is 1.41. The predicted molar refractivity (Wildman–Crippen MR) is 65.5 cm³/mol. The molecule has 0 aromatic carbocycles. The van der Waals surface area contributed by atoms with Crippen molar-refractivity contribution in [1.29, 1.82) is 0 Å². The second-order valence-electron chi connectivity index (χ2n) is 4.67. The van der Waals surface area contributed by atoms with Crippen LogP contribution in [0.2, 0.25) is 0 Å². The van der Waals surface area contributed by atoms with E-state index >= 15 is 0 Å². The maximum atomic E-state index is 11.8. The first-order valence-corrected chi connectivity index (χ1v) is 5.53. The summed E-state index contributed by atoms with van der Waals surface area (Å²) in [4.78, 5) is 35.6. The van der Waals surface area contributed by atoms with Crippen molar-refractivity contribution in [3.05, 3.63) is 34.2 Å². The van der Waals surface area contributed by atoms with Crippen molar-refractivity contribution in [2.24, 2.45) is 0 Å². The van der Waals surface area contributed by atoms with E-state index in [2.05, 4.69) is 10.3 Å². The van der Waals surface area contributed by atoms with E-state index in [-0.39, 0.29) is 17.9 Å². The third-order valence-electron chi connectivity index (χ3n) is 2.46. The zero-order valence-corrected chi connectivity index (χ0v) is 10.3. The molecule has 0 saturated heterocycles. The normalized spacial score (nSPS) is 11.0. The van der Waals surface area contributed by atoms with E-state index in [0.29, 0.717) is 12.0 Å². The van der Waals surface area contributed by atoms with Crippen molar-refractivity contribution in [2.45, 2.75) is 32.2 Å². The van der Waals surface area contributed by atoms with Gasteiger partial charge in [-0.3, -0.25) is 14.4 Å². The maximum Gasteiger partial charge on any atom is 0.303 e. The van der Waals surface area contributed by atoms with Crippen LogP contribution in [0.25, 0.3) is 0 Å². The van der Waals surface area contributed by atoms with Crippen molar-refractivity contribution >= 4 is 11.9 Å². The Bertz CT molecular complexity index is 485. The predicted octanol–water partition coefficient (Wildman–Crippen LogP) is 0.748. The molecule has 0 aliphatic heterocycles. The van der Waals surface area contributed by atoms with Gasteiger partial charge < -0.3 is 15.4 Å². The fourth-order valence-corrected chi connectivity index (χ4v) is 1.41. The Morgan fingerprint density at radius 1 is 1.39 bits per heavy atom. The average Bonchev–Trinajstić information content (AvgIpc) is 2.27. The van der Waals surface area contributed by atoms with Crippen LogP contribution in [0.3, 0.4) is 0 Å². The van der Waals surface area contributed by atoms with Crippen LogP contribution in [0.1, 0.15) is 37.0 Å². The summed E-state index contributed by atoms with van der Waals surface area (Å²) >= 11 is 0. The van der Waals surface area contributed by atoms with Crippen LogP contribution in [-0.4, -0.2) is 27.5 Å². The highest BCUT2D eigenvalue weighted by molar-refractivity contribution is 5.94. The molecule has 1 heterocycles. The topological polar surface area (TPSA) is 99.3 Å². The number of hydrogen-bond donors (Lipinski definition) is 3. The number of aromatic amines is 1. The average molecular weight is 252 g/mol. The Labute approximate surface area is 104 Å². The summed E-state index contributed by atoms with van der Waals surface area (Å²) in [7, 11) is 0. The number of aliphatic carboxylic acids is 1. The van der Waals surface area contributed by atoms with Crippen molar-refractivity contribution in [3.8, 4) is 0 Å². The first kappa shape index (κ1) is 14.0. The summed E-state index contributed by atoms with van der Waals surface area (Å²) in [5, 5.41) is 11.3. The van der Waals surface area contributed by atoms with E-state index in [1.54, 1.807) is 13.8 Å². The number of rotatable bonds is 5. The number of carbonyl (C=O) groups is 2. The lowest BCUT2D eigenvalue weighted by atomic mass is 9.98. The maximum absolute atomic E-state index is 11.8. The molecule has 0 unspecified atom stereocenters. The van der Waals surface area contributed by atoms with Gasteiger partial charge >= 0.3 is 5.97 Å². The van der Waals surface area contributed by atoms with E-state index < -0.39 is 11.5 Å². The van der Waals surface area contributed by atoms with Crippen molar-refractivity contribution in [1.82, 2.24) is 10.3 Å².